The number of amides is 4. The molecule has 1 fully saturated rings. The molecule has 1 aromatic rings. The second kappa shape index (κ2) is 7.58. The fraction of sp³-hybridized carbons (Fsp3) is 0.550. The summed E-state index contributed by atoms with van der Waals surface area (Å²) in [5.41, 5.74) is -0.502. The van der Waals surface area contributed by atoms with Crippen molar-refractivity contribution in [2.75, 3.05) is 13.2 Å². The van der Waals surface area contributed by atoms with Gasteiger partial charge in [0.1, 0.15) is 12.3 Å². The first-order valence-electron chi connectivity index (χ1n) is 9.49. The van der Waals surface area contributed by atoms with Gasteiger partial charge in [-0.1, -0.05) is 32.0 Å². The van der Waals surface area contributed by atoms with Gasteiger partial charge in [-0.15, -0.1) is 0 Å². The van der Waals surface area contributed by atoms with Gasteiger partial charge in [0.05, 0.1) is 6.61 Å². The van der Waals surface area contributed by atoms with Crippen LogP contribution in [0.2, 0.25) is 0 Å². The third-order valence-electron chi connectivity index (χ3n) is 5.14. The number of hydrogen-bond donors (Lipinski definition) is 2. The van der Waals surface area contributed by atoms with Crippen LogP contribution >= 0.6 is 0 Å². The number of fused-ring (bicyclic) bond motifs is 2. The number of hydrogen-bond acceptors (Lipinski definition) is 4. The predicted molar refractivity (Wildman–Crippen MR) is 100 cm³/mol. The summed E-state index contributed by atoms with van der Waals surface area (Å²) >= 11 is 0. The van der Waals surface area contributed by atoms with Gasteiger partial charge in [-0.3, -0.25) is 14.5 Å². The van der Waals surface area contributed by atoms with Gasteiger partial charge in [-0.25, -0.2) is 4.79 Å². The maximum atomic E-state index is 13.1. The van der Waals surface area contributed by atoms with E-state index in [0.717, 1.165) is 17.7 Å². The van der Waals surface area contributed by atoms with Crippen LogP contribution in [-0.2, 0) is 15.1 Å². The van der Waals surface area contributed by atoms with Crippen LogP contribution in [0.25, 0.3) is 0 Å². The third kappa shape index (κ3) is 3.77. The molecule has 0 radical (unpaired) electrons. The number of benzene rings is 1. The summed E-state index contributed by atoms with van der Waals surface area (Å²) in [7, 11) is 0. The van der Waals surface area contributed by atoms with Crippen LogP contribution in [-0.4, -0.2) is 41.9 Å². The Hall–Kier alpha value is -2.57. The molecular formula is C20H27N3O4. The van der Waals surface area contributed by atoms with Crippen LogP contribution in [0.15, 0.2) is 24.3 Å². The second-order valence-electron chi connectivity index (χ2n) is 7.76. The summed E-state index contributed by atoms with van der Waals surface area (Å²) in [6, 6.07) is 6.65. The Bertz CT molecular complexity index is 748. The average molecular weight is 373 g/mol. The number of nitrogens with one attached hydrogen (secondary N) is 2. The molecule has 1 saturated heterocycles. The van der Waals surface area contributed by atoms with Crippen molar-refractivity contribution in [2.45, 2.75) is 51.6 Å². The maximum absolute atomic E-state index is 13.1. The van der Waals surface area contributed by atoms with Crippen molar-refractivity contribution in [2.24, 2.45) is 5.92 Å². The Morgan fingerprint density at radius 2 is 2.00 bits per heavy atom. The van der Waals surface area contributed by atoms with Crippen LogP contribution in [0.4, 0.5) is 4.79 Å². The summed E-state index contributed by atoms with van der Waals surface area (Å²) < 4.78 is 5.61. The van der Waals surface area contributed by atoms with E-state index in [1.807, 2.05) is 13.0 Å². The number of imide groups is 1. The fourth-order valence-corrected chi connectivity index (χ4v) is 3.64. The molecule has 3 rings (SSSR count). The number of urea groups is 1. The lowest BCUT2D eigenvalue weighted by Gasteiger charge is -2.33. The zero-order valence-electron chi connectivity index (χ0n) is 16.1. The number of carbonyl (C=O) groups is 3. The molecule has 2 atom stereocenters. The van der Waals surface area contributed by atoms with E-state index in [9.17, 15) is 14.4 Å². The molecule has 27 heavy (non-hydrogen) atoms. The Morgan fingerprint density at radius 1 is 1.26 bits per heavy atom. The summed E-state index contributed by atoms with van der Waals surface area (Å²) in [4.78, 5) is 38.9. The molecule has 7 heteroatoms. The van der Waals surface area contributed by atoms with E-state index in [2.05, 4.69) is 24.5 Å². The Kier molecular flexibility index (Phi) is 5.39. The smallest absolute Gasteiger partial charge is 0.325 e. The average Bonchev–Trinajstić information content (AvgIpc) is 2.85. The van der Waals surface area contributed by atoms with Crippen molar-refractivity contribution >= 4 is 17.8 Å². The minimum absolute atomic E-state index is 0.00145. The highest BCUT2D eigenvalue weighted by Crippen LogP contribution is 2.40. The summed E-state index contributed by atoms with van der Waals surface area (Å²) in [6.07, 6.45) is 2.21. The van der Waals surface area contributed by atoms with Gasteiger partial charge < -0.3 is 15.4 Å². The lowest BCUT2D eigenvalue weighted by molar-refractivity contribution is -0.136. The molecule has 2 aliphatic heterocycles. The van der Waals surface area contributed by atoms with Crippen molar-refractivity contribution in [3.05, 3.63) is 29.8 Å². The van der Waals surface area contributed by atoms with Gasteiger partial charge in [0.15, 0.2) is 5.54 Å². The van der Waals surface area contributed by atoms with Crippen molar-refractivity contribution in [3.63, 3.8) is 0 Å². The maximum Gasteiger partial charge on any atom is 0.325 e. The first-order chi connectivity index (χ1) is 12.8. The number of ether oxygens (including phenoxy) is 1. The quantitative estimate of drug-likeness (QED) is 0.748. The van der Waals surface area contributed by atoms with Gasteiger partial charge in [0.25, 0.3) is 5.91 Å². The molecule has 0 unspecified atom stereocenters. The summed E-state index contributed by atoms with van der Waals surface area (Å²) in [5.74, 6) is 0.426. The normalized spacial score (nSPS) is 22.4. The van der Waals surface area contributed by atoms with Crippen molar-refractivity contribution in [1.82, 2.24) is 15.5 Å². The zero-order chi connectivity index (χ0) is 19.6. The number of rotatable bonds is 6. The van der Waals surface area contributed by atoms with Crippen LogP contribution in [0, 0.1) is 5.92 Å². The minimum atomic E-state index is -1.14. The summed E-state index contributed by atoms with van der Waals surface area (Å²) in [5, 5.41) is 5.68. The molecule has 7 nitrogen and oxygen atoms in total. The largest absolute Gasteiger partial charge is 0.493 e. The van der Waals surface area contributed by atoms with Gasteiger partial charge >= 0.3 is 6.03 Å². The highest BCUT2D eigenvalue weighted by Gasteiger charge is 2.55. The minimum Gasteiger partial charge on any atom is -0.493 e. The van der Waals surface area contributed by atoms with Crippen LogP contribution in [0.5, 0.6) is 5.75 Å². The zero-order valence-corrected chi connectivity index (χ0v) is 16.1. The van der Waals surface area contributed by atoms with Gasteiger partial charge in [0.2, 0.25) is 5.91 Å². The first-order valence-corrected chi connectivity index (χ1v) is 9.49. The third-order valence-corrected chi connectivity index (χ3v) is 5.14. The van der Waals surface area contributed by atoms with E-state index in [1.165, 1.54) is 0 Å². The van der Waals surface area contributed by atoms with E-state index in [-0.39, 0.29) is 18.5 Å². The topological polar surface area (TPSA) is 87.7 Å². The molecule has 146 valence electrons. The van der Waals surface area contributed by atoms with E-state index < -0.39 is 17.5 Å². The fourth-order valence-electron chi connectivity index (χ4n) is 3.64. The predicted octanol–water partition coefficient (Wildman–Crippen LogP) is 2.16. The SMILES string of the molecule is CC(C)CC[C@@H](C)NC(=O)CN1C(=O)N[C@]2(CCOc3ccccc32)C1=O. The summed E-state index contributed by atoms with van der Waals surface area (Å²) in [6.45, 7) is 6.25. The molecule has 0 aromatic heterocycles. The second-order valence-corrected chi connectivity index (χ2v) is 7.76. The Morgan fingerprint density at radius 3 is 2.74 bits per heavy atom. The van der Waals surface area contributed by atoms with Gasteiger partial charge in [-0.05, 0) is 31.7 Å². The lowest BCUT2D eigenvalue weighted by atomic mass is 9.84. The molecular weight excluding hydrogens is 346 g/mol. The van der Waals surface area contributed by atoms with Gasteiger partial charge in [0, 0.05) is 18.0 Å². The molecule has 0 saturated carbocycles. The number of para-hydroxylation sites is 1. The van der Waals surface area contributed by atoms with E-state index in [1.54, 1.807) is 18.2 Å². The van der Waals surface area contributed by atoms with Crippen LogP contribution < -0.4 is 15.4 Å². The molecule has 0 bridgehead atoms. The molecule has 2 N–H and O–H groups in total. The highest BCUT2D eigenvalue weighted by atomic mass is 16.5. The van der Waals surface area contributed by atoms with E-state index in [4.69, 9.17) is 4.74 Å². The van der Waals surface area contributed by atoms with Crippen molar-refractivity contribution in [3.8, 4) is 5.75 Å². The van der Waals surface area contributed by atoms with Gasteiger partial charge in [-0.2, -0.15) is 0 Å². The van der Waals surface area contributed by atoms with E-state index >= 15 is 0 Å². The molecule has 4 amide bonds. The molecule has 1 aromatic carbocycles. The van der Waals surface area contributed by atoms with E-state index in [0.29, 0.717) is 30.3 Å². The Balaban J connectivity index is 1.70. The van der Waals surface area contributed by atoms with Crippen molar-refractivity contribution < 1.29 is 19.1 Å². The highest BCUT2D eigenvalue weighted by molar-refractivity contribution is 6.09. The van der Waals surface area contributed by atoms with Crippen LogP contribution in [0.1, 0.15) is 45.6 Å². The molecule has 2 aliphatic rings. The first kappa shape index (κ1) is 19.2. The lowest BCUT2D eigenvalue weighted by Crippen LogP contribution is -2.48. The van der Waals surface area contributed by atoms with Crippen LogP contribution in [0.3, 0.4) is 0 Å². The number of carbonyl (C=O) groups excluding carboxylic acids is 3. The van der Waals surface area contributed by atoms with Crippen molar-refractivity contribution in [1.29, 1.82) is 0 Å². The monoisotopic (exact) mass is 373 g/mol. The number of nitrogens with zero attached hydrogens (tertiary/aromatic N) is 1. The standard InChI is InChI=1S/C20H27N3O4/c1-13(2)8-9-14(3)21-17(24)12-23-18(25)20(22-19(23)26)10-11-27-16-7-5-4-6-15(16)20/h4-7,13-14H,8-12H2,1-3H3,(H,21,24)(H,22,26)/t14-,20+/m1/s1. The molecule has 0 aliphatic carbocycles. The molecule has 2 heterocycles. The Labute approximate surface area is 159 Å². The molecule has 1 spiro atoms.